The van der Waals surface area contributed by atoms with Crippen LogP contribution in [0.1, 0.15) is 32.8 Å². The molecule has 0 radical (unpaired) electrons. The monoisotopic (exact) mass is 330 g/mol. The number of aryl methyl sites for hydroxylation is 1. The van der Waals surface area contributed by atoms with Crippen LogP contribution in [-0.2, 0) is 6.54 Å². The summed E-state index contributed by atoms with van der Waals surface area (Å²) < 4.78 is 7.28. The standard InChI is InChI=1S/C19H14N4O2/c1-13-17(16(11-21)19(25-13)23-8-2-3-9-23)18(24)22-12-15-6-4-14(10-20)5-7-15/h2-9H,12H2,1H3,(H,22,24). The zero-order valence-electron chi connectivity index (χ0n) is 13.5. The Kier molecular flexibility index (Phi) is 4.36. The fraction of sp³-hybridized carbons (Fsp3) is 0.105. The summed E-state index contributed by atoms with van der Waals surface area (Å²) in [6.45, 7) is 1.95. The van der Waals surface area contributed by atoms with Gasteiger partial charge >= 0.3 is 0 Å². The van der Waals surface area contributed by atoms with Crippen LogP contribution in [-0.4, -0.2) is 10.5 Å². The number of nitrogens with one attached hydrogen (secondary N) is 1. The molecule has 6 nitrogen and oxygen atoms in total. The summed E-state index contributed by atoms with van der Waals surface area (Å²) in [7, 11) is 0. The zero-order chi connectivity index (χ0) is 17.8. The molecule has 1 aromatic carbocycles. The van der Waals surface area contributed by atoms with Crippen molar-refractivity contribution in [2.24, 2.45) is 0 Å². The van der Waals surface area contributed by atoms with Gasteiger partial charge in [0.05, 0.1) is 11.6 Å². The van der Waals surface area contributed by atoms with E-state index in [0.717, 1.165) is 5.56 Å². The van der Waals surface area contributed by atoms with Gasteiger partial charge in [0.25, 0.3) is 5.91 Å². The topological polar surface area (TPSA) is 94.8 Å². The van der Waals surface area contributed by atoms with Gasteiger partial charge in [-0.1, -0.05) is 12.1 Å². The number of nitrogens with zero attached hydrogens (tertiary/aromatic N) is 3. The zero-order valence-corrected chi connectivity index (χ0v) is 13.5. The Hall–Kier alpha value is -3.77. The number of hydrogen-bond acceptors (Lipinski definition) is 4. The van der Waals surface area contributed by atoms with Crippen molar-refractivity contribution in [3.05, 3.63) is 76.8 Å². The van der Waals surface area contributed by atoms with E-state index in [1.807, 2.05) is 18.2 Å². The minimum absolute atomic E-state index is 0.200. The highest BCUT2D eigenvalue weighted by molar-refractivity contribution is 5.98. The number of amides is 1. The molecule has 0 fully saturated rings. The highest BCUT2D eigenvalue weighted by Crippen LogP contribution is 2.25. The van der Waals surface area contributed by atoms with E-state index in [1.165, 1.54) is 0 Å². The van der Waals surface area contributed by atoms with E-state index >= 15 is 0 Å². The molecule has 0 unspecified atom stereocenters. The van der Waals surface area contributed by atoms with Gasteiger partial charge in [0.2, 0.25) is 5.88 Å². The Balaban J connectivity index is 1.82. The van der Waals surface area contributed by atoms with E-state index < -0.39 is 0 Å². The minimum atomic E-state index is -0.374. The van der Waals surface area contributed by atoms with Crippen LogP contribution in [0.5, 0.6) is 0 Å². The quantitative estimate of drug-likeness (QED) is 0.795. The maximum Gasteiger partial charge on any atom is 0.256 e. The summed E-state index contributed by atoms with van der Waals surface area (Å²) >= 11 is 0. The van der Waals surface area contributed by atoms with E-state index in [1.54, 1.807) is 48.1 Å². The van der Waals surface area contributed by atoms with Crippen molar-refractivity contribution in [2.45, 2.75) is 13.5 Å². The molecule has 0 saturated carbocycles. The van der Waals surface area contributed by atoms with Gasteiger partial charge in [-0.05, 0) is 36.8 Å². The van der Waals surface area contributed by atoms with Crippen LogP contribution in [0.15, 0.2) is 53.2 Å². The molecule has 0 aliphatic heterocycles. The van der Waals surface area contributed by atoms with Crippen molar-refractivity contribution in [3.8, 4) is 18.0 Å². The van der Waals surface area contributed by atoms with Gasteiger partial charge in [-0.25, -0.2) is 0 Å². The lowest BCUT2D eigenvalue weighted by atomic mass is 10.1. The van der Waals surface area contributed by atoms with Crippen LogP contribution in [0.2, 0.25) is 0 Å². The predicted octanol–water partition coefficient (Wildman–Crippen LogP) is 3.05. The fourth-order valence-electron chi connectivity index (χ4n) is 2.53. The third-order valence-corrected chi connectivity index (χ3v) is 3.78. The first kappa shape index (κ1) is 16.1. The smallest absolute Gasteiger partial charge is 0.256 e. The summed E-state index contributed by atoms with van der Waals surface area (Å²) in [6.07, 6.45) is 3.50. The number of rotatable bonds is 4. The molecule has 0 saturated heterocycles. The molecule has 3 rings (SSSR count). The fourth-order valence-corrected chi connectivity index (χ4v) is 2.53. The van der Waals surface area contributed by atoms with E-state index in [9.17, 15) is 10.1 Å². The van der Waals surface area contributed by atoms with Gasteiger partial charge < -0.3 is 9.73 Å². The van der Waals surface area contributed by atoms with Crippen molar-refractivity contribution < 1.29 is 9.21 Å². The Bertz CT molecular complexity index is 984. The predicted molar refractivity (Wildman–Crippen MR) is 89.8 cm³/mol. The minimum Gasteiger partial charge on any atom is -0.443 e. The van der Waals surface area contributed by atoms with Crippen LogP contribution in [0.25, 0.3) is 5.88 Å². The number of nitriles is 2. The summed E-state index contributed by atoms with van der Waals surface area (Å²) in [5, 5.41) is 21.1. The lowest BCUT2D eigenvalue weighted by molar-refractivity contribution is 0.0949. The molecule has 0 aliphatic rings. The van der Waals surface area contributed by atoms with E-state index in [0.29, 0.717) is 23.8 Å². The molecule has 2 heterocycles. The molecule has 0 atom stereocenters. The third-order valence-electron chi connectivity index (χ3n) is 3.78. The Labute approximate surface area is 144 Å². The normalized spacial score (nSPS) is 10.0. The van der Waals surface area contributed by atoms with Crippen molar-refractivity contribution >= 4 is 5.91 Å². The number of hydrogen-bond donors (Lipinski definition) is 1. The summed E-state index contributed by atoms with van der Waals surface area (Å²) in [5.74, 6) is 0.340. The first-order chi connectivity index (χ1) is 12.1. The maximum atomic E-state index is 12.5. The Morgan fingerprint density at radius 2 is 1.84 bits per heavy atom. The van der Waals surface area contributed by atoms with Crippen molar-refractivity contribution in [1.82, 2.24) is 9.88 Å². The molecular formula is C19H14N4O2. The largest absolute Gasteiger partial charge is 0.443 e. The van der Waals surface area contributed by atoms with Gasteiger partial charge in [-0.2, -0.15) is 10.5 Å². The van der Waals surface area contributed by atoms with Gasteiger partial charge in [0.1, 0.15) is 23.0 Å². The number of aromatic nitrogens is 1. The highest BCUT2D eigenvalue weighted by atomic mass is 16.4. The number of carbonyl (C=O) groups is 1. The maximum absolute atomic E-state index is 12.5. The van der Waals surface area contributed by atoms with Crippen LogP contribution in [0.3, 0.4) is 0 Å². The second kappa shape index (κ2) is 6.77. The summed E-state index contributed by atoms with van der Waals surface area (Å²) in [5.41, 5.74) is 1.85. The van der Waals surface area contributed by atoms with E-state index in [-0.39, 0.29) is 17.0 Å². The van der Waals surface area contributed by atoms with Crippen LogP contribution in [0, 0.1) is 29.6 Å². The lowest BCUT2D eigenvalue weighted by Crippen LogP contribution is -2.24. The number of carbonyl (C=O) groups excluding carboxylic acids is 1. The molecule has 0 bridgehead atoms. The highest BCUT2D eigenvalue weighted by Gasteiger charge is 2.24. The molecule has 0 aliphatic carbocycles. The molecule has 2 aromatic heterocycles. The lowest BCUT2D eigenvalue weighted by Gasteiger charge is -2.05. The molecule has 1 amide bonds. The van der Waals surface area contributed by atoms with Gasteiger partial charge in [-0.15, -0.1) is 0 Å². The van der Waals surface area contributed by atoms with Crippen molar-refractivity contribution in [3.63, 3.8) is 0 Å². The third kappa shape index (κ3) is 3.15. The second-order valence-corrected chi connectivity index (χ2v) is 5.41. The molecule has 0 spiro atoms. The first-order valence-electron chi connectivity index (χ1n) is 7.58. The second-order valence-electron chi connectivity index (χ2n) is 5.41. The van der Waals surface area contributed by atoms with Crippen LogP contribution < -0.4 is 5.32 Å². The molecular weight excluding hydrogens is 316 g/mol. The SMILES string of the molecule is Cc1oc(-n2cccc2)c(C#N)c1C(=O)NCc1ccc(C#N)cc1. The average Bonchev–Trinajstić information content (AvgIpc) is 3.27. The van der Waals surface area contributed by atoms with Crippen molar-refractivity contribution in [1.29, 1.82) is 10.5 Å². The van der Waals surface area contributed by atoms with Gasteiger partial charge in [0.15, 0.2) is 0 Å². The molecule has 6 heteroatoms. The van der Waals surface area contributed by atoms with E-state index in [2.05, 4.69) is 11.4 Å². The number of furan rings is 1. The first-order valence-corrected chi connectivity index (χ1v) is 7.58. The van der Waals surface area contributed by atoms with Gasteiger partial charge in [-0.3, -0.25) is 9.36 Å². The Morgan fingerprint density at radius 3 is 2.44 bits per heavy atom. The van der Waals surface area contributed by atoms with E-state index in [4.69, 9.17) is 9.68 Å². The van der Waals surface area contributed by atoms with Gasteiger partial charge in [0, 0.05) is 18.9 Å². The average molecular weight is 330 g/mol. The summed E-state index contributed by atoms with van der Waals surface area (Å²) in [6, 6.07) is 14.7. The summed E-state index contributed by atoms with van der Waals surface area (Å²) in [4.78, 5) is 12.5. The number of benzene rings is 1. The van der Waals surface area contributed by atoms with Crippen LogP contribution >= 0.6 is 0 Å². The van der Waals surface area contributed by atoms with Crippen molar-refractivity contribution in [2.75, 3.05) is 0 Å². The molecule has 3 aromatic rings. The molecule has 25 heavy (non-hydrogen) atoms. The van der Waals surface area contributed by atoms with Crippen LogP contribution in [0.4, 0.5) is 0 Å². The Morgan fingerprint density at radius 1 is 1.16 bits per heavy atom. The molecule has 122 valence electrons. The molecule has 1 N–H and O–H groups in total.